The Balaban J connectivity index is 1.72. The highest BCUT2D eigenvalue weighted by atomic mass is 16.7. The Morgan fingerprint density at radius 2 is 1.85 bits per heavy atom. The number of esters is 1. The van der Waals surface area contributed by atoms with Crippen LogP contribution < -0.4 is 4.74 Å². The van der Waals surface area contributed by atoms with Crippen LogP contribution in [0.1, 0.15) is 32.3 Å². The number of carbonyl (C=O) groups is 1. The van der Waals surface area contributed by atoms with Gasteiger partial charge in [-0.1, -0.05) is 19.1 Å². The number of cyclic esters (lactones) is 1. The third-order valence-corrected chi connectivity index (χ3v) is 4.82. The molecule has 4 atom stereocenters. The van der Waals surface area contributed by atoms with Crippen LogP contribution in [0.3, 0.4) is 0 Å². The molecular weight excluding hydrogens is 336 g/mol. The molecule has 1 aliphatic heterocycles. The standard InChI is InChI=1S/C20H30O6/c1-14-18(26-20(21)15(2)19(14)25-13-22-3)6-5-11-24-12-16-7-9-17(23-4)10-8-16/h7-10,14-15,18-19H,5-6,11-13H2,1-4H3. The van der Waals surface area contributed by atoms with Crippen molar-refractivity contribution in [3.8, 4) is 5.75 Å². The van der Waals surface area contributed by atoms with E-state index in [4.69, 9.17) is 23.7 Å². The van der Waals surface area contributed by atoms with E-state index in [1.165, 1.54) is 0 Å². The predicted molar refractivity (Wildman–Crippen MR) is 96.8 cm³/mol. The molecular formula is C20H30O6. The molecule has 0 aliphatic carbocycles. The normalized spacial score (nSPS) is 25.8. The van der Waals surface area contributed by atoms with Crippen molar-refractivity contribution in [3.05, 3.63) is 29.8 Å². The smallest absolute Gasteiger partial charge is 0.311 e. The predicted octanol–water partition coefficient (Wildman–Crippen LogP) is 3.18. The third kappa shape index (κ3) is 5.69. The molecule has 0 N–H and O–H groups in total. The van der Waals surface area contributed by atoms with E-state index in [2.05, 4.69) is 6.92 Å². The van der Waals surface area contributed by atoms with Gasteiger partial charge in [-0.2, -0.15) is 0 Å². The van der Waals surface area contributed by atoms with E-state index in [0.717, 1.165) is 24.2 Å². The molecule has 6 heteroatoms. The van der Waals surface area contributed by atoms with E-state index >= 15 is 0 Å². The Labute approximate surface area is 155 Å². The van der Waals surface area contributed by atoms with Crippen molar-refractivity contribution in [2.45, 2.75) is 45.5 Å². The molecule has 4 unspecified atom stereocenters. The zero-order valence-corrected chi connectivity index (χ0v) is 16.1. The van der Waals surface area contributed by atoms with Crippen LogP contribution in [0.25, 0.3) is 0 Å². The highest BCUT2D eigenvalue weighted by Gasteiger charge is 2.41. The molecule has 0 aromatic heterocycles. The lowest BCUT2D eigenvalue weighted by Crippen LogP contribution is -2.48. The Morgan fingerprint density at radius 1 is 1.12 bits per heavy atom. The van der Waals surface area contributed by atoms with E-state index in [9.17, 15) is 4.79 Å². The van der Waals surface area contributed by atoms with Crippen molar-refractivity contribution in [2.75, 3.05) is 27.6 Å². The first-order valence-corrected chi connectivity index (χ1v) is 9.08. The van der Waals surface area contributed by atoms with Gasteiger partial charge in [0.2, 0.25) is 0 Å². The lowest BCUT2D eigenvalue weighted by Gasteiger charge is -2.38. The SMILES string of the molecule is COCOC1C(C)C(=O)OC(CCCOCc2ccc(OC)cc2)C1C. The molecule has 26 heavy (non-hydrogen) atoms. The molecule has 2 rings (SSSR count). The summed E-state index contributed by atoms with van der Waals surface area (Å²) in [7, 11) is 3.23. The monoisotopic (exact) mass is 366 g/mol. The summed E-state index contributed by atoms with van der Waals surface area (Å²) >= 11 is 0. The Morgan fingerprint density at radius 3 is 2.50 bits per heavy atom. The Bertz CT molecular complexity index is 544. The summed E-state index contributed by atoms with van der Waals surface area (Å²) in [4.78, 5) is 12.1. The minimum atomic E-state index is -0.275. The van der Waals surface area contributed by atoms with Gasteiger partial charge in [0.1, 0.15) is 18.6 Å². The molecule has 0 radical (unpaired) electrons. The average molecular weight is 366 g/mol. The van der Waals surface area contributed by atoms with Crippen LogP contribution in [0.15, 0.2) is 24.3 Å². The van der Waals surface area contributed by atoms with E-state index in [-0.39, 0.29) is 36.8 Å². The summed E-state index contributed by atoms with van der Waals surface area (Å²) in [5.41, 5.74) is 1.10. The van der Waals surface area contributed by atoms with Crippen molar-refractivity contribution < 1.29 is 28.5 Å². The third-order valence-electron chi connectivity index (χ3n) is 4.82. The van der Waals surface area contributed by atoms with Gasteiger partial charge in [0.15, 0.2) is 0 Å². The molecule has 0 amide bonds. The zero-order chi connectivity index (χ0) is 18.9. The van der Waals surface area contributed by atoms with Crippen molar-refractivity contribution in [3.63, 3.8) is 0 Å². The van der Waals surface area contributed by atoms with Crippen LogP contribution >= 0.6 is 0 Å². The number of ether oxygens (including phenoxy) is 5. The number of rotatable bonds is 10. The number of hydrogen-bond donors (Lipinski definition) is 0. The van der Waals surface area contributed by atoms with Crippen LogP contribution in [-0.2, 0) is 30.3 Å². The molecule has 1 aromatic carbocycles. The zero-order valence-electron chi connectivity index (χ0n) is 16.1. The summed E-state index contributed by atoms with van der Waals surface area (Å²) in [5.74, 6) is 0.483. The van der Waals surface area contributed by atoms with E-state index in [0.29, 0.717) is 13.2 Å². The van der Waals surface area contributed by atoms with Gasteiger partial charge >= 0.3 is 5.97 Å². The lowest BCUT2D eigenvalue weighted by molar-refractivity contribution is -0.194. The molecule has 1 aliphatic rings. The van der Waals surface area contributed by atoms with E-state index < -0.39 is 0 Å². The van der Waals surface area contributed by atoms with Gasteiger partial charge < -0.3 is 23.7 Å². The highest BCUT2D eigenvalue weighted by Crippen LogP contribution is 2.31. The molecule has 0 saturated carbocycles. The summed E-state index contributed by atoms with van der Waals surface area (Å²) in [5, 5.41) is 0. The molecule has 1 saturated heterocycles. The Kier molecular flexibility index (Phi) is 8.35. The molecule has 6 nitrogen and oxygen atoms in total. The van der Waals surface area contributed by atoms with Gasteiger partial charge in [0.05, 0.1) is 25.7 Å². The maximum atomic E-state index is 12.1. The van der Waals surface area contributed by atoms with Gasteiger partial charge in [-0.05, 0) is 37.5 Å². The first-order chi connectivity index (χ1) is 12.6. The van der Waals surface area contributed by atoms with Gasteiger partial charge in [-0.15, -0.1) is 0 Å². The average Bonchev–Trinajstić information content (AvgIpc) is 2.66. The number of hydrogen-bond acceptors (Lipinski definition) is 6. The van der Waals surface area contributed by atoms with Crippen molar-refractivity contribution in [1.82, 2.24) is 0 Å². The quantitative estimate of drug-likeness (QED) is 0.360. The van der Waals surface area contributed by atoms with Gasteiger partial charge in [-0.3, -0.25) is 4.79 Å². The molecule has 146 valence electrons. The molecule has 1 fully saturated rings. The topological polar surface area (TPSA) is 63.2 Å². The molecule has 0 spiro atoms. The van der Waals surface area contributed by atoms with Crippen molar-refractivity contribution in [2.24, 2.45) is 11.8 Å². The molecule has 1 aromatic rings. The summed E-state index contributed by atoms with van der Waals surface area (Å²) in [6.45, 7) is 5.26. The first-order valence-electron chi connectivity index (χ1n) is 9.08. The summed E-state index contributed by atoms with van der Waals surface area (Å²) < 4.78 is 27.1. The summed E-state index contributed by atoms with van der Waals surface area (Å²) in [6, 6.07) is 7.82. The van der Waals surface area contributed by atoms with Crippen LogP contribution in [0, 0.1) is 11.8 Å². The summed E-state index contributed by atoms with van der Waals surface area (Å²) in [6.07, 6.45) is 1.25. The van der Waals surface area contributed by atoms with Crippen LogP contribution in [0.4, 0.5) is 0 Å². The Hall–Kier alpha value is -1.63. The van der Waals surface area contributed by atoms with Gasteiger partial charge in [-0.25, -0.2) is 0 Å². The second-order valence-electron chi connectivity index (χ2n) is 6.70. The minimum Gasteiger partial charge on any atom is -0.497 e. The molecule has 1 heterocycles. The van der Waals surface area contributed by atoms with Crippen LogP contribution in [-0.4, -0.2) is 45.8 Å². The first kappa shape index (κ1) is 20.7. The lowest BCUT2D eigenvalue weighted by atomic mass is 9.84. The van der Waals surface area contributed by atoms with Crippen molar-refractivity contribution >= 4 is 5.97 Å². The van der Waals surface area contributed by atoms with E-state index in [1.807, 2.05) is 31.2 Å². The van der Waals surface area contributed by atoms with Gasteiger partial charge in [0, 0.05) is 19.6 Å². The highest BCUT2D eigenvalue weighted by molar-refractivity contribution is 5.73. The van der Waals surface area contributed by atoms with E-state index in [1.54, 1.807) is 14.2 Å². The van der Waals surface area contributed by atoms with Crippen LogP contribution in [0.2, 0.25) is 0 Å². The maximum Gasteiger partial charge on any atom is 0.311 e. The van der Waals surface area contributed by atoms with Crippen LogP contribution in [0.5, 0.6) is 5.75 Å². The fourth-order valence-corrected chi connectivity index (χ4v) is 3.23. The number of carbonyl (C=O) groups excluding carboxylic acids is 1. The second kappa shape index (κ2) is 10.5. The largest absolute Gasteiger partial charge is 0.497 e. The minimum absolute atomic E-state index is 0.124. The van der Waals surface area contributed by atoms with Gasteiger partial charge in [0.25, 0.3) is 0 Å². The number of benzene rings is 1. The fraction of sp³-hybridized carbons (Fsp3) is 0.650. The second-order valence-corrected chi connectivity index (χ2v) is 6.70. The maximum absolute atomic E-state index is 12.1. The van der Waals surface area contributed by atoms with Crippen molar-refractivity contribution in [1.29, 1.82) is 0 Å². The number of methoxy groups -OCH3 is 2. The molecule has 0 bridgehead atoms. The fourth-order valence-electron chi connectivity index (χ4n) is 3.23.